The maximum absolute atomic E-state index is 13.4. The Hall–Kier alpha value is -1.44. The number of ether oxygens (including phenoxy) is 1. The molecule has 5 aliphatic carbocycles. The van der Waals surface area contributed by atoms with E-state index in [1.807, 2.05) is 0 Å². The molecule has 0 radical (unpaired) electrons. The molecular weight excluding hydrogens is 564 g/mol. The molecule has 6 rings (SSSR count). The smallest absolute Gasteiger partial charge is 0.309 e. The number of carboxylic acid groups (broad SMARTS) is 1. The standard InChI is InChI=1S/C38H62N2O5/c1-24(2)25-14-19-38(33(42)43)21-20-36(6)26(32(25)38)12-13-28-35(5)17-16-29(34(3,4)27(35)15-18-37(28,36)7)39-30(41)23-40(44-8)31-11-9-10-22-45-31/h25-29,31-32H,1,9-23H2,2-8H3,(H,39,41)(H,42,43)/t25?,26?,27?,28?,29-,31+,32?,35-,36+,37+,38-/m0/s1. The molecule has 254 valence electrons. The van der Waals surface area contributed by atoms with Crippen LogP contribution in [-0.4, -0.2) is 54.6 Å². The molecule has 7 nitrogen and oxygen atoms in total. The van der Waals surface area contributed by atoms with Crippen molar-refractivity contribution in [3.05, 3.63) is 12.2 Å². The average Bonchev–Trinajstić information content (AvgIpc) is 3.40. The van der Waals surface area contributed by atoms with Crippen molar-refractivity contribution in [1.82, 2.24) is 10.4 Å². The number of carbonyl (C=O) groups excluding carboxylic acids is 1. The zero-order chi connectivity index (χ0) is 32.6. The number of allylic oxidation sites excluding steroid dienone is 1. The first-order chi connectivity index (χ1) is 21.2. The van der Waals surface area contributed by atoms with Gasteiger partial charge in [-0.15, -0.1) is 0 Å². The molecule has 0 aromatic rings. The minimum atomic E-state index is -0.572. The van der Waals surface area contributed by atoms with Crippen LogP contribution in [0.15, 0.2) is 12.2 Å². The second-order valence-electron chi connectivity index (χ2n) is 17.7. The summed E-state index contributed by atoms with van der Waals surface area (Å²) in [7, 11) is 1.63. The van der Waals surface area contributed by atoms with E-state index < -0.39 is 11.4 Å². The van der Waals surface area contributed by atoms with E-state index in [1.165, 1.54) is 24.8 Å². The third kappa shape index (κ3) is 4.90. The van der Waals surface area contributed by atoms with Gasteiger partial charge in [0.05, 0.1) is 12.5 Å². The van der Waals surface area contributed by atoms with Gasteiger partial charge >= 0.3 is 5.97 Å². The van der Waals surface area contributed by atoms with Crippen molar-refractivity contribution in [2.75, 3.05) is 20.3 Å². The monoisotopic (exact) mass is 626 g/mol. The quantitative estimate of drug-likeness (QED) is 0.224. The molecule has 0 bridgehead atoms. The molecule has 5 saturated carbocycles. The molecule has 0 aromatic heterocycles. The van der Waals surface area contributed by atoms with Crippen LogP contribution in [0.1, 0.15) is 125 Å². The number of hydroxylamine groups is 2. The summed E-state index contributed by atoms with van der Waals surface area (Å²) in [4.78, 5) is 32.0. The summed E-state index contributed by atoms with van der Waals surface area (Å²) in [6.07, 6.45) is 13.3. The molecule has 2 N–H and O–H groups in total. The third-order valence-corrected chi connectivity index (χ3v) is 15.9. The zero-order valence-corrected chi connectivity index (χ0v) is 29.4. The van der Waals surface area contributed by atoms with Gasteiger partial charge < -0.3 is 15.2 Å². The highest BCUT2D eigenvalue weighted by molar-refractivity contribution is 5.78. The Morgan fingerprint density at radius 2 is 1.67 bits per heavy atom. The first-order valence-corrected chi connectivity index (χ1v) is 18.3. The molecule has 6 aliphatic rings. The summed E-state index contributed by atoms with van der Waals surface area (Å²) in [6, 6.07) is 0.131. The lowest BCUT2D eigenvalue weighted by molar-refractivity contribution is -0.246. The fourth-order valence-electron chi connectivity index (χ4n) is 13.4. The average molecular weight is 627 g/mol. The predicted molar refractivity (Wildman–Crippen MR) is 176 cm³/mol. The van der Waals surface area contributed by atoms with E-state index in [9.17, 15) is 14.7 Å². The fraction of sp³-hybridized carbons (Fsp3) is 0.895. The largest absolute Gasteiger partial charge is 0.481 e. The Morgan fingerprint density at radius 3 is 2.31 bits per heavy atom. The number of carboxylic acids is 1. The van der Waals surface area contributed by atoms with E-state index in [2.05, 4.69) is 53.4 Å². The fourth-order valence-corrected chi connectivity index (χ4v) is 13.4. The van der Waals surface area contributed by atoms with Crippen molar-refractivity contribution >= 4 is 11.9 Å². The Labute approximate surface area is 272 Å². The maximum atomic E-state index is 13.4. The minimum Gasteiger partial charge on any atom is -0.481 e. The van der Waals surface area contributed by atoms with Crippen LogP contribution in [0.4, 0.5) is 0 Å². The third-order valence-electron chi connectivity index (χ3n) is 15.9. The number of aliphatic carboxylic acids is 1. The molecule has 11 atom stereocenters. The first kappa shape index (κ1) is 33.5. The lowest BCUT2D eigenvalue weighted by atomic mass is 9.32. The zero-order valence-electron chi connectivity index (χ0n) is 29.4. The molecule has 5 unspecified atom stereocenters. The second-order valence-corrected chi connectivity index (χ2v) is 17.7. The van der Waals surface area contributed by atoms with Crippen LogP contribution >= 0.6 is 0 Å². The predicted octanol–water partition coefficient (Wildman–Crippen LogP) is 7.60. The molecule has 45 heavy (non-hydrogen) atoms. The van der Waals surface area contributed by atoms with Gasteiger partial charge in [0.1, 0.15) is 12.8 Å². The van der Waals surface area contributed by atoms with Crippen LogP contribution in [0.25, 0.3) is 0 Å². The summed E-state index contributed by atoms with van der Waals surface area (Å²) in [5.74, 6) is 1.58. The van der Waals surface area contributed by atoms with Crippen molar-refractivity contribution in [1.29, 1.82) is 0 Å². The molecule has 0 spiro atoms. The van der Waals surface area contributed by atoms with E-state index in [0.717, 1.165) is 70.8 Å². The molecule has 1 amide bonds. The number of rotatable bonds is 7. The molecule has 1 saturated heterocycles. The second kappa shape index (κ2) is 11.6. The van der Waals surface area contributed by atoms with Gasteiger partial charge in [-0.05, 0) is 142 Å². The van der Waals surface area contributed by atoms with Gasteiger partial charge in [0, 0.05) is 12.6 Å². The summed E-state index contributed by atoms with van der Waals surface area (Å²) >= 11 is 0. The van der Waals surface area contributed by atoms with Crippen molar-refractivity contribution < 1.29 is 24.3 Å². The van der Waals surface area contributed by atoms with Crippen LogP contribution in [0.5, 0.6) is 0 Å². The number of hydrogen-bond donors (Lipinski definition) is 2. The SMILES string of the molecule is C=C(C)C1CC[C@]2(C(=O)O)CC[C@]3(C)C(CCC4[C@@]5(C)CC[C@H](NC(=O)CN(OC)[C@H]6CCCCO6)C(C)(C)C5CC[C@]43C)C12. The van der Waals surface area contributed by atoms with Crippen LogP contribution in [0.2, 0.25) is 0 Å². The summed E-state index contributed by atoms with van der Waals surface area (Å²) in [5, 5.41) is 15.8. The Kier molecular flexibility index (Phi) is 8.64. The first-order valence-electron chi connectivity index (χ1n) is 18.3. The summed E-state index contributed by atoms with van der Waals surface area (Å²) in [6.45, 7) is 20.0. The topological polar surface area (TPSA) is 88.1 Å². The van der Waals surface area contributed by atoms with E-state index in [-0.39, 0.29) is 52.3 Å². The van der Waals surface area contributed by atoms with E-state index in [4.69, 9.17) is 9.57 Å². The van der Waals surface area contributed by atoms with Crippen molar-refractivity contribution in [3.8, 4) is 0 Å². The number of hydrogen-bond acceptors (Lipinski definition) is 5. The maximum Gasteiger partial charge on any atom is 0.309 e. The normalized spacial score (nSPS) is 47.2. The van der Waals surface area contributed by atoms with E-state index in [1.54, 1.807) is 12.2 Å². The molecule has 1 heterocycles. The van der Waals surface area contributed by atoms with Gasteiger partial charge in [-0.3, -0.25) is 14.4 Å². The van der Waals surface area contributed by atoms with Crippen molar-refractivity contribution in [2.45, 2.75) is 137 Å². The molecule has 6 fully saturated rings. The number of fused-ring (bicyclic) bond motifs is 7. The number of nitrogens with zero attached hydrogens (tertiary/aromatic N) is 1. The number of nitrogens with one attached hydrogen (secondary N) is 1. The lowest BCUT2D eigenvalue weighted by Gasteiger charge is -2.73. The van der Waals surface area contributed by atoms with Gasteiger partial charge in [-0.25, -0.2) is 0 Å². The lowest BCUT2D eigenvalue weighted by Crippen LogP contribution is -2.68. The van der Waals surface area contributed by atoms with Crippen LogP contribution in [-0.2, 0) is 19.2 Å². The summed E-state index contributed by atoms with van der Waals surface area (Å²) < 4.78 is 5.90. The van der Waals surface area contributed by atoms with Crippen LogP contribution in [0, 0.1) is 56.7 Å². The highest BCUT2D eigenvalue weighted by atomic mass is 16.7. The molecular formula is C38H62N2O5. The minimum absolute atomic E-state index is 0.0223. The van der Waals surface area contributed by atoms with Crippen molar-refractivity contribution in [3.63, 3.8) is 0 Å². The van der Waals surface area contributed by atoms with Gasteiger partial charge in [0.25, 0.3) is 0 Å². The van der Waals surface area contributed by atoms with Crippen LogP contribution < -0.4 is 5.32 Å². The van der Waals surface area contributed by atoms with Gasteiger partial charge in [0.15, 0.2) is 0 Å². The van der Waals surface area contributed by atoms with E-state index in [0.29, 0.717) is 23.7 Å². The molecule has 7 heteroatoms. The molecule has 0 aromatic carbocycles. The van der Waals surface area contributed by atoms with Gasteiger partial charge in [0.2, 0.25) is 5.91 Å². The van der Waals surface area contributed by atoms with E-state index >= 15 is 0 Å². The Bertz CT molecular complexity index is 1180. The highest BCUT2D eigenvalue weighted by Gasteiger charge is 2.72. The number of amides is 1. The molecule has 1 aliphatic heterocycles. The number of carbonyl (C=O) groups is 2. The Morgan fingerprint density at radius 1 is 0.911 bits per heavy atom. The summed E-state index contributed by atoms with van der Waals surface area (Å²) in [5.41, 5.74) is 1.10. The van der Waals surface area contributed by atoms with Gasteiger partial charge in [-0.2, -0.15) is 5.06 Å². The van der Waals surface area contributed by atoms with Crippen LogP contribution in [0.3, 0.4) is 0 Å². The highest BCUT2D eigenvalue weighted by Crippen LogP contribution is 2.77. The van der Waals surface area contributed by atoms with Gasteiger partial charge in [-0.1, -0.05) is 46.8 Å². The van der Waals surface area contributed by atoms with Crippen molar-refractivity contribution in [2.24, 2.45) is 56.7 Å². The Balaban J connectivity index is 1.21.